The zero-order valence-corrected chi connectivity index (χ0v) is 36.1. The number of carbonyl (C=O) groups is 1. The van der Waals surface area contributed by atoms with E-state index in [4.69, 9.17) is 9.05 Å². The average molecular weight is 844 g/mol. The van der Waals surface area contributed by atoms with Gasteiger partial charge in [0.25, 0.3) is 0 Å². The van der Waals surface area contributed by atoms with Crippen molar-refractivity contribution >= 4 is 13.7 Å². The van der Waals surface area contributed by atoms with Crippen LogP contribution in [0.3, 0.4) is 0 Å². The molecule has 1 aliphatic rings. The number of phosphoric acid groups is 1. The van der Waals surface area contributed by atoms with E-state index in [-0.39, 0.29) is 6.42 Å². The van der Waals surface area contributed by atoms with Crippen LogP contribution in [0.2, 0.25) is 0 Å². The van der Waals surface area contributed by atoms with Crippen molar-refractivity contribution in [1.29, 1.82) is 0 Å². The van der Waals surface area contributed by atoms with Gasteiger partial charge in [-0.3, -0.25) is 13.8 Å². The third kappa shape index (κ3) is 25.6. The lowest BCUT2D eigenvalue weighted by Gasteiger charge is -2.41. The van der Waals surface area contributed by atoms with E-state index in [1.807, 2.05) is 6.08 Å². The number of allylic oxidation sites excluding steroid dienone is 9. The van der Waals surface area contributed by atoms with Crippen LogP contribution >= 0.6 is 7.82 Å². The van der Waals surface area contributed by atoms with Crippen LogP contribution in [0.25, 0.3) is 0 Å². The first-order valence-corrected chi connectivity index (χ1v) is 23.3. The molecular weight excluding hydrogens is 765 g/mol. The SMILES string of the molecule is CCC/C=C/CC/C=C/CC/C=C/C(O)C(COP(=O)(O)OC1C(O)C(O)C(O)C(O)C1O)NC(=O)CC(O)CCCCCCCCCC/C=C\C=C/CCCCC. The van der Waals surface area contributed by atoms with Crippen LogP contribution in [0.15, 0.2) is 60.8 Å². The summed E-state index contributed by atoms with van der Waals surface area (Å²) in [5.74, 6) is -0.616. The second-order valence-electron chi connectivity index (χ2n) is 15.4. The van der Waals surface area contributed by atoms with E-state index >= 15 is 0 Å². The minimum atomic E-state index is -5.15. The van der Waals surface area contributed by atoms with E-state index in [1.54, 1.807) is 6.08 Å². The van der Waals surface area contributed by atoms with Crippen LogP contribution < -0.4 is 5.32 Å². The molecule has 336 valence electrons. The highest BCUT2D eigenvalue weighted by molar-refractivity contribution is 7.47. The lowest BCUT2D eigenvalue weighted by atomic mass is 9.85. The van der Waals surface area contributed by atoms with Crippen molar-refractivity contribution in [2.75, 3.05) is 6.61 Å². The number of phosphoric ester groups is 1. The molecule has 1 saturated carbocycles. The average Bonchev–Trinajstić information content (AvgIpc) is 3.19. The summed E-state index contributed by atoms with van der Waals surface area (Å²) in [4.78, 5) is 23.3. The van der Waals surface area contributed by atoms with Gasteiger partial charge < -0.3 is 46.0 Å². The van der Waals surface area contributed by atoms with Gasteiger partial charge in [-0.25, -0.2) is 4.57 Å². The topological polar surface area (TPSA) is 226 Å². The Morgan fingerprint density at radius 1 is 0.621 bits per heavy atom. The number of rotatable bonds is 34. The van der Waals surface area contributed by atoms with Gasteiger partial charge in [0.2, 0.25) is 5.91 Å². The number of hydrogen-bond donors (Lipinski definition) is 9. The van der Waals surface area contributed by atoms with Crippen LogP contribution in [0.5, 0.6) is 0 Å². The molecule has 0 heterocycles. The van der Waals surface area contributed by atoms with E-state index < -0.39 is 75.2 Å². The van der Waals surface area contributed by atoms with Gasteiger partial charge in [-0.15, -0.1) is 0 Å². The second-order valence-corrected chi connectivity index (χ2v) is 16.8. The van der Waals surface area contributed by atoms with Crippen molar-refractivity contribution in [3.63, 3.8) is 0 Å². The molecule has 1 amide bonds. The first-order valence-electron chi connectivity index (χ1n) is 21.8. The zero-order valence-electron chi connectivity index (χ0n) is 35.2. The molecule has 0 aliphatic heterocycles. The standard InChI is InChI=1S/C44H78NO12P/c1-3-5-7-9-11-13-15-16-17-18-19-20-22-23-25-27-29-31-35(46)33-38(48)45-36(37(47)32-30-28-26-24-21-14-12-10-8-6-4-2)34-56-58(54,55)57-44-42(52)40(50)39(49)41(51)43(44)53/h8,10-11,13,15-16,21,24,30,32,35-37,39-44,46-47,49-53H,3-7,9,12,14,17-20,22-23,25-29,31,33-34H2,1-2H3,(H,45,48)(H,54,55)/b10-8+,13-11-,16-15-,24-21+,32-30+. The maximum absolute atomic E-state index is 12.9. The lowest BCUT2D eigenvalue weighted by molar-refractivity contribution is -0.220. The van der Waals surface area contributed by atoms with Crippen LogP contribution in [0.1, 0.15) is 149 Å². The molecule has 1 rings (SSSR count). The molecule has 1 aliphatic carbocycles. The quantitative estimate of drug-likeness (QED) is 0.0146. The summed E-state index contributed by atoms with van der Waals surface area (Å²) in [5, 5.41) is 74.2. The smallest absolute Gasteiger partial charge is 0.393 e. The minimum Gasteiger partial charge on any atom is -0.393 e. The molecular formula is C44H78NO12P. The summed E-state index contributed by atoms with van der Waals surface area (Å²) in [6.45, 7) is 3.59. The van der Waals surface area contributed by atoms with Gasteiger partial charge in [0.1, 0.15) is 36.6 Å². The number of nitrogens with one attached hydrogen (secondary N) is 1. The number of unbranched alkanes of at least 4 members (excludes halogenated alkanes) is 14. The largest absolute Gasteiger partial charge is 0.472 e. The molecule has 0 radical (unpaired) electrons. The zero-order chi connectivity index (χ0) is 43.0. The fourth-order valence-corrected chi connectivity index (χ4v) is 7.41. The van der Waals surface area contributed by atoms with Gasteiger partial charge in [0, 0.05) is 0 Å². The molecule has 0 aromatic carbocycles. The van der Waals surface area contributed by atoms with E-state index in [9.17, 15) is 50.0 Å². The Bertz CT molecular complexity index is 1230. The highest BCUT2D eigenvalue weighted by atomic mass is 31.2. The van der Waals surface area contributed by atoms with Crippen molar-refractivity contribution in [1.82, 2.24) is 5.32 Å². The third-order valence-corrected chi connectivity index (χ3v) is 11.0. The predicted molar refractivity (Wildman–Crippen MR) is 229 cm³/mol. The van der Waals surface area contributed by atoms with E-state index in [0.717, 1.165) is 64.2 Å². The minimum absolute atomic E-state index is 0.264. The first kappa shape index (κ1) is 54.0. The summed E-state index contributed by atoms with van der Waals surface area (Å²) in [6.07, 6.45) is 26.1. The molecule has 1 fully saturated rings. The summed E-state index contributed by atoms with van der Waals surface area (Å²) in [7, 11) is -5.15. The van der Waals surface area contributed by atoms with Crippen molar-refractivity contribution in [3.8, 4) is 0 Å². The Labute approximate surface area is 348 Å². The van der Waals surface area contributed by atoms with Crippen molar-refractivity contribution in [2.24, 2.45) is 0 Å². The Hall–Kier alpha value is -2.00. The van der Waals surface area contributed by atoms with Gasteiger partial charge in [-0.05, 0) is 64.2 Å². The van der Waals surface area contributed by atoms with Crippen LogP contribution in [-0.2, 0) is 18.4 Å². The molecule has 0 spiro atoms. The number of amides is 1. The molecule has 8 atom stereocenters. The van der Waals surface area contributed by atoms with E-state index in [0.29, 0.717) is 19.3 Å². The van der Waals surface area contributed by atoms with Crippen molar-refractivity contribution in [3.05, 3.63) is 60.8 Å². The normalized spacial score (nSPS) is 24.4. The summed E-state index contributed by atoms with van der Waals surface area (Å²) < 4.78 is 22.8. The monoisotopic (exact) mass is 844 g/mol. The van der Waals surface area contributed by atoms with Gasteiger partial charge in [0.15, 0.2) is 0 Å². The summed E-state index contributed by atoms with van der Waals surface area (Å²) >= 11 is 0. The van der Waals surface area contributed by atoms with E-state index in [1.165, 1.54) is 51.0 Å². The van der Waals surface area contributed by atoms with Gasteiger partial charge in [-0.1, -0.05) is 139 Å². The molecule has 13 nitrogen and oxygen atoms in total. The molecule has 8 unspecified atom stereocenters. The Morgan fingerprint density at radius 2 is 1.10 bits per heavy atom. The molecule has 14 heteroatoms. The fraction of sp³-hybridized carbons (Fsp3) is 0.750. The maximum atomic E-state index is 12.9. The third-order valence-electron chi connectivity index (χ3n) is 10.1. The van der Waals surface area contributed by atoms with Gasteiger partial charge in [0.05, 0.1) is 31.3 Å². The highest BCUT2D eigenvalue weighted by Crippen LogP contribution is 2.47. The summed E-state index contributed by atoms with van der Waals surface area (Å²) in [5.41, 5.74) is 0. The van der Waals surface area contributed by atoms with Crippen LogP contribution in [-0.4, -0.2) is 108 Å². The van der Waals surface area contributed by atoms with Crippen LogP contribution in [0.4, 0.5) is 0 Å². The number of hydrogen-bond acceptors (Lipinski definition) is 11. The first-order chi connectivity index (χ1) is 27.8. The molecule has 0 aromatic rings. The van der Waals surface area contributed by atoms with Crippen molar-refractivity contribution in [2.45, 2.75) is 204 Å². The number of aliphatic hydroxyl groups is 7. The number of carbonyl (C=O) groups excluding carboxylic acids is 1. The van der Waals surface area contributed by atoms with Gasteiger partial charge >= 0.3 is 7.82 Å². The Morgan fingerprint density at radius 3 is 1.66 bits per heavy atom. The lowest BCUT2D eigenvalue weighted by Crippen LogP contribution is -2.64. The predicted octanol–water partition coefficient (Wildman–Crippen LogP) is 6.53. The summed E-state index contributed by atoms with van der Waals surface area (Å²) in [6, 6.07) is -1.27. The molecule has 0 aromatic heterocycles. The fourth-order valence-electron chi connectivity index (χ4n) is 6.44. The Kier molecular flexibility index (Phi) is 31.4. The molecule has 0 bridgehead atoms. The van der Waals surface area contributed by atoms with E-state index in [2.05, 4.69) is 61.7 Å². The van der Waals surface area contributed by atoms with Crippen LogP contribution in [0, 0.1) is 0 Å². The number of aliphatic hydroxyl groups excluding tert-OH is 7. The van der Waals surface area contributed by atoms with Crippen molar-refractivity contribution < 1.29 is 59.0 Å². The molecule has 9 N–H and O–H groups in total. The van der Waals surface area contributed by atoms with Gasteiger partial charge in [-0.2, -0.15) is 0 Å². The Balaban J connectivity index is 2.57. The molecule has 0 saturated heterocycles. The maximum Gasteiger partial charge on any atom is 0.472 e. The highest BCUT2D eigenvalue weighted by Gasteiger charge is 2.51. The second kappa shape index (κ2) is 33.7. The molecule has 58 heavy (non-hydrogen) atoms.